The summed E-state index contributed by atoms with van der Waals surface area (Å²) in [6.07, 6.45) is 2.53. The molecule has 0 N–H and O–H groups in total. The second kappa shape index (κ2) is 5.74. The first kappa shape index (κ1) is 14.0. The third kappa shape index (κ3) is 6.42. The van der Waals surface area contributed by atoms with Gasteiger partial charge in [-0.05, 0) is 26.9 Å². The molecule has 0 saturated heterocycles. The molecule has 1 nitrogen and oxygen atoms in total. The van der Waals surface area contributed by atoms with Gasteiger partial charge in [-0.1, -0.05) is 33.8 Å². The van der Waals surface area contributed by atoms with Crippen LogP contribution in [0.2, 0.25) is 13.1 Å². The fourth-order valence-electron chi connectivity index (χ4n) is 1.08. The van der Waals surface area contributed by atoms with Crippen molar-refractivity contribution in [3.05, 3.63) is 12.7 Å². The normalized spacial score (nSPS) is 11.8. The van der Waals surface area contributed by atoms with Crippen LogP contribution in [-0.4, -0.2) is 18.9 Å². The molecule has 0 aliphatic rings. The maximum Gasteiger partial charge on any atom is 0.199 e. The zero-order chi connectivity index (χ0) is 11.2. The van der Waals surface area contributed by atoms with Crippen LogP contribution in [-0.2, 0) is 4.43 Å². The van der Waals surface area contributed by atoms with E-state index < -0.39 is 8.32 Å². The maximum atomic E-state index is 6.01. The summed E-state index contributed by atoms with van der Waals surface area (Å²) in [4.78, 5) is 0.937. The van der Waals surface area contributed by atoms with Gasteiger partial charge in [-0.15, -0.1) is 6.58 Å². The van der Waals surface area contributed by atoms with Crippen molar-refractivity contribution in [1.82, 2.24) is 0 Å². The number of hydrogen-bond acceptors (Lipinski definition) is 1. The van der Waals surface area contributed by atoms with Gasteiger partial charge in [-0.2, -0.15) is 0 Å². The van der Waals surface area contributed by atoms with Crippen LogP contribution in [0.15, 0.2) is 12.7 Å². The number of hydrogen-bond donors (Lipinski definition) is 0. The Morgan fingerprint density at radius 2 is 2.07 bits per heavy atom. The van der Waals surface area contributed by atoms with E-state index >= 15 is 0 Å². The minimum Gasteiger partial charge on any atom is -0.401 e. The van der Waals surface area contributed by atoms with Gasteiger partial charge < -0.3 is 4.43 Å². The average Bonchev–Trinajstić information content (AvgIpc) is 2.03. The lowest BCUT2D eigenvalue weighted by Gasteiger charge is -2.30. The van der Waals surface area contributed by atoms with Gasteiger partial charge in [-0.3, -0.25) is 0 Å². The standard InChI is InChI=1S/C11H19BrOSi/c1-6-7-8-9-11(2,3)13-14(4,5)10-12/h6H,1,7,10H2,2-5H3. The first-order valence-electron chi connectivity index (χ1n) is 4.70. The van der Waals surface area contributed by atoms with Crippen molar-refractivity contribution in [2.75, 3.05) is 4.95 Å². The van der Waals surface area contributed by atoms with Crippen LogP contribution in [0.1, 0.15) is 20.3 Å². The fraction of sp³-hybridized carbons (Fsp3) is 0.636. The van der Waals surface area contributed by atoms with E-state index in [0.29, 0.717) is 0 Å². The Morgan fingerprint density at radius 1 is 1.50 bits per heavy atom. The van der Waals surface area contributed by atoms with Gasteiger partial charge in [0.05, 0.1) is 0 Å². The summed E-state index contributed by atoms with van der Waals surface area (Å²) in [5, 5.41) is 0. The molecule has 0 fully saturated rings. The highest BCUT2D eigenvalue weighted by Crippen LogP contribution is 2.18. The number of allylic oxidation sites excluding steroid dienone is 1. The molecule has 0 rings (SSSR count). The molecule has 0 aliphatic heterocycles. The van der Waals surface area contributed by atoms with Crippen LogP contribution in [0, 0.1) is 11.8 Å². The Bertz CT molecular complexity index is 248. The second-order valence-corrected chi connectivity index (χ2v) is 9.97. The Kier molecular flexibility index (Phi) is 5.73. The van der Waals surface area contributed by atoms with E-state index in [2.05, 4.69) is 47.4 Å². The molecule has 80 valence electrons. The molecule has 0 aromatic heterocycles. The van der Waals surface area contributed by atoms with E-state index in [4.69, 9.17) is 4.43 Å². The summed E-state index contributed by atoms with van der Waals surface area (Å²) >= 11 is 3.48. The maximum absolute atomic E-state index is 6.01. The van der Waals surface area contributed by atoms with Gasteiger partial charge in [0.1, 0.15) is 5.60 Å². The van der Waals surface area contributed by atoms with E-state index in [1.807, 2.05) is 13.8 Å². The molecular weight excluding hydrogens is 256 g/mol. The van der Waals surface area contributed by atoms with Crippen LogP contribution in [0.5, 0.6) is 0 Å². The summed E-state index contributed by atoms with van der Waals surface area (Å²) in [5.41, 5.74) is -0.341. The third-order valence-electron chi connectivity index (χ3n) is 1.49. The van der Waals surface area contributed by atoms with Crippen LogP contribution < -0.4 is 0 Å². The summed E-state index contributed by atoms with van der Waals surface area (Å²) in [6.45, 7) is 12.0. The van der Waals surface area contributed by atoms with Crippen molar-refractivity contribution in [3.63, 3.8) is 0 Å². The van der Waals surface area contributed by atoms with Crippen molar-refractivity contribution in [2.45, 2.75) is 39.0 Å². The number of alkyl halides is 1. The molecule has 0 radical (unpaired) electrons. The monoisotopic (exact) mass is 274 g/mol. The Balaban J connectivity index is 4.35. The minimum absolute atomic E-state index is 0.341. The molecule has 0 amide bonds. The predicted molar refractivity (Wildman–Crippen MR) is 69.0 cm³/mol. The van der Waals surface area contributed by atoms with Gasteiger partial charge in [0.25, 0.3) is 0 Å². The molecule has 0 heterocycles. The zero-order valence-corrected chi connectivity index (χ0v) is 12.1. The highest BCUT2D eigenvalue weighted by molar-refractivity contribution is 9.09. The molecule has 0 saturated carbocycles. The molecule has 14 heavy (non-hydrogen) atoms. The lowest BCUT2D eigenvalue weighted by molar-refractivity contribution is 0.164. The summed E-state index contributed by atoms with van der Waals surface area (Å²) < 4.78 is 6.01. The zero-order valence-electron chi connectivity index (χ0n) is 9.48. The highest BCUT2D eigenvalue weighted by Gasteiger charge is 2.28. The molecular formula is C11H19BrOSi. The Labute approximate surface area is 97.2 Å². The largest absolute Gasteiger partial charge is 0.401 e. The van der Waals surface area contributed by atoms with Crippen molar-refractivity contribution in [1.29, 1.82) is 0 Å². The van der Waals surface area contributed by atoms with Crippen LogP contribution in [0.25, 0.3) is 0 Å². The highest BCUT2D eigenvalue weighted by atomic mass is 79.9. The lowest BCUT2D eigenvalue weighted by atomic mass is 10.1. The Morgan fingerprint density at radius 3 is 2.50 bits per heavy atom. The molecule has 0 atom stereocenters. The molecule has 0 aromatic rings. The lowest BCUT2D eigenvalue weighted by Crippen LogP contribution is -2.41. The van der Waals surface area contributed by atoms with E-state index in [-0.39, 0.29) is 5.60 Å². The van der Waals surface area contributed by atoms with Gasteiger partial charge in [0.15, 0.2) is 8.32 Å². The van der Waals surface area contributed by atoms with Crippen LogP contribution in [0.4, 0.5) is 0 Å². The van der Waals surface area contributed by atoms with Crippen molar-refractivity contribution < 1.29 is 4.43 Å². The van der Waals surface area contributed by atoms with E-state index in [0.717, 1.165) is 11.4 Å². The molecule has 0 unspecified atom stereocenters. The predicted octanol–water partition coefficient (Wildman–Crippen LogP) is 3.50. The minimum atomic E-state index is -1.58. The fourth-order valence-corrected chi connectivity index (χ4v) is 2.91. The van der Waals surface area contributed by atoms with Crippen molar-refractivity contribution >= 4 is 24.2 Å². The SMILES string of the molecule is C=CCC#CC(C)(C)O[Si](C)(C)CBr. The third-order valence-corrected chi connectivity index (χ3v) is 7.25. The van der Waals surface area contributed by atoms with E-state index in [1.54, 1.807) is 6.08 Å². The van der Waals surface area contributed by atoms with Crippen LogP contribution in [0.3, 0.4) is 0 Å². The van der Waals surface area contributed by atoms with Crippen molar-refractivity contribution in [2.24, 2.45) is 0 Å². The average molecular weight is 275 g/mol. The Hall–Kier alpha value is -0.0431. The number of rotatable bonds is 4. The van der Waals surface area contributed by atoms with Crippen molar-refractivity contribution in [3.8, 4) is 11.8 Å². The second-order valence-electron chi connectivity index (χ2n) is 4.30. The van der Waals surface area contributed by atoms with Gasteiger partial charge in [0.2, 0.25) is 0 Å². The van der Waals surface area contributed by atoms with Gasteiger partial charge in [0, 0.05) is 11.4 Å². The van der Waals surface area contributed by atoms with Crippen LogP contribution >= 0.6 is 15.9 Å². The smallest absolute Gasteiger partial charge is 0.199 e. The van der Waals surface area contributed by atoms with E-state index in [1.165, 1.54) is 0 Å². The van der Waals surface area contributed by atoms with E-state index in [9.17, 15) is 0 Å². The van der Waals surface area contributed by atoms with Gasteiger partial charge in [-0.25, -0.2) is 0 Å². The quantitative estimate of drug-likeness (QED) is 0.330. The van der Waals surface area contributed by atoms with Gasteiger partial charge >= 0.3 is 0 Å². The summed E-state index contributed by atoms with van der Waals surface area (Å²) in [6, 6.07) is 0. The molecule has 0 bridgehead atoms. The molecule has 0 aromatic carbocycles. The summed E-state index contributed by atoms with van der Waals surface area (Å²) in [7, 11) is -1.58. The number of halogens is 1. The summed E-state index contributed by atoms with van der Waals surface area (Å²) in [5.74, 6) is 6.16. The first-order valence-corrected chi connectivity index (χ1v) is 8.94. The first-order chi connectivity index (χ1) is 6.33. The molecule has 0 spiro atoms. The molecule has 0 aliphatic carbocycles. The molecule has 3 heteroatoms. The topological polar surface area (TPSA) is 9.23 Å².